The number of benzene rings is 4. The van der Waals surface area contributed by atoms with E-state index in [1.165, 1.54) is 24.3 Å². The summed E-state index contributed by atoms with van der Waals surface area (Å²) >= 11 is 6.94. The zero-order valence-electron chi connectivity index (χ0n) is 26.9. The fourth-order valence-electron chi connectivity index (χ4n) is 5.37. The second-order valence-corrected chi connectivity index (χ2v) is 13.0. The Morgan fingerprint density at radius 1 is 0.920 bits per heavy atom. The molecular weight excluding hydrogens is 674 g/mol. The molecule has 2 heterocycles. The standard InChI is InChI=1S/C39H28ClN3O6S/c1-23-3-5-24(6-4-23)31-19-33(25-11-17-30(48-2)18-12-25)42-37(32(31)21-41)50-35-20-36(45)43(38(35)46)29-15-9-27(10-16-29)39(47)49-22-34(44)26-7-13-28(40)14-8-26/h3-19,35H,20,22H2,1-2H3. The summed E-state index contributed by atoms with van der Waals surface area (Å²) in [6, 6.07) is 31.3. The lowest BCUT2D eigenvalue weighted by Crippen LogP contribution is -2.31. The summed E-state index contributed by atoms with van der Waals surface area (Å²) in [6.07, 6.45) is -0.112. The smallest absolute Gasteiger partial charge is 0.338 e. The van der Waals surface area contributed by atoms with Crippen molar-refractivity contribution in [2.75, 3.05) is 18.6 Å². The second-order valence-electron chi connectivity index (χ2n) is 11.4. The molecule has 2 amide bonds. The van der Waals surface area contributed by atoms with Crippen molar-refractivity contribution in [3.8, 4) is 34.2 Å². The number of carbonyl (C=O) groups is 4. The van der Waals surface area contributed by atoms with E-state index in [2.05, 4.69) is 6.07 Å². The van der Waals surface area contributed by atoms with Gasteiger partial charge in [0.05, 0.1) is 34.9 Å². The summed E-state index contributed by atoms with van der Waals surface area (Å²) < 4.78 is 10.5. The molecule has 0 saturated carbocycles. The fraction of sp³-hybridized carbons (Fsp3) is 0.128. The number of amides is 2. The van der Waals surface area contributed by atoms with Crippen molar-refractivity contribution < 1.29 is 28.7 Å². The molecule has 1 aromatic heterocycles. The van der Waals surface area contributed by atoms with E-state index in [4.69, 9.17) is 26.1 Å². The van der Waals surface area contributed by atoms with Crippen molar-refractivity contribution in [2.24, 2.45) is 0 Å². The number of nitriles is 1. The Kier molecular flexibility index (Phi) is 10.1. The van der Waals surface area contributed by atoms with Crippen LogP contribution in [0.1, 0.15) is 38.3 Å². The lowest BCUT2D eigenvalue weighted by Gasteiger charge is -2.17. The Morgan fingerprint density at radius 2 is 1.56 bits per heavy atom. The summed E-state index contributed by atoms with van der Waals surface area (Å²) in [7, 11) is 1.58. The number of methoxy groups -OCH3 is 1. The number of thioether (sulfide) groups is 1. The number of aryl methyl sites for hydroxylation is 1. The van der Waals surface area contributed by atoms with Crippen molar-refractivity contribution in [2.45, 2.75) is 23.6 Å². The molecule has 248 valence electrons. The average molecular weight is 702 g/mol. The third-order valence-corrected chi connectivity index (χ3v) is 9.49. The largest absolute Gasteiger partial charge is 0.497 e. The molecule has 1 aliphatic heterocycles. The number of pyridine rings is 1. The van der Waals surface area contributed by atoms with Crippen LogP contribution >= 0.6 is 23.4 Å². The van der Waals surface area contributed by atoms with Crippen LogP contribution in [0.3, 0.4) is 0 Å². The molecule has 0 spiro atoms. The normalized spacial score (nSPS) is 14.0. The number of Topliss-reactive ketones (excluding diaryl/α,β-unsaturated/α-hetero) is 1. The average Bonchev–Trinajstić information content (AvgIpc) is 3.42. The van der Waals surface area contributed by atoms with Crippen LogP contribution in [0.5, 0.6) is 5.75 Å². The molecule has 0 aliphatic carbocycles. The van der Waals surface area contributed by atoms with E-state index in [0.29, 0.717) is 38.2 Å². The number of ether oxygens (including phenoxy) is 2. The number of rotatable bonds is 10. The molecule has 5 aromatic rings. The number of imide groups is 1. The Hall–Kier alpha value is -5.76. The monoisotopic (exact) mass is 701 g/mol. The number of hydrogen-bond donors (Lipinski definition) is 0. The zero-order chi connectivity index (χ0) is 35.4. The van der Waals surface area contributed by atoms with Gasteiger partial charge < -0.3 is 9.47 Å². The summed E-state index contributed by atoms with van der Waals surface area (Å²) in [4.78, 5) is 57.8. The molecule has 1 saturated heterocycles. The minimum absolute atomic E-state index is 0.112. The molecule has 0 radical (unpaired) electrons. The number of ketones is 1. The molecule has 1 atom stereocenters. The van der Waals surface area contributed by atoms with E-state index in [1.54, 1.807) is 31.4 Å². The summed E-state index contributed by atoms with van der Waals surface area (Å²) in [5.74, 6) is -1.35. The number of esters is 1. The first-order valence-electron chi connectivity index (χ1n) is 15.4. The van der Waals surface area contributed by atoms with Crippen LogP contribution < -0.4 is 9.64 Å². The lowest BCUT2D eigenvalue weighted by molar-refractivity contribution is -0.121. The highest BCUT2D eigenvalue weighted by atomic mass is 35.5. The first-order chi connectivity index (χ1) is 24.1. The third kappa shape index (κ3) is 7.29. The highest BCUT2D eigenvalue weighted by Crippen LogP contribution is 2.39. The second kappa shape index (κ2) is 14.8. The van der Waals surface area contributed by atoms with Gasteiger partial charge in [-0.3, -0.25) is 14.4 Å². The number of anilines is 1. The van der Waals surface area contributed by atoms with Crippen molar-refractivity contribution >= 4 is 52.6 Å². The summed E-state index contributed by atoms with van der Waals surface area (Å²) in [5.41, 5.74) is 4.98. The predicted octanol–water partition coefficient (Wildman–Crippen LogP) is 7.72. The molecule has 9 nitrogen and oxygen atoms in total. The summed E-state index contributed by atoms with van der Waals surface area (Å²) in [5, 5.41) is 10.3. The number of nitrogens with zero attached hydrogens (tertiary/aromatic N) is 3. The maximum atomic E-state index is 13.7. The lowest BCUT2D eigenvalue weighted by atomic mass is 9.98. The van der Waals surface area contributed by atoms with Gasteiger partial charge in [-0.15, -0.1) is 0 Å². The highest BCUT2D eigenvalue weighted by Gasteiger charge is 2.41. The Labute approximate surface area is 297 Å². The van der Waals surface area contributed by atoms with Gasteiger partial charge in [-0.25, -0.2) is 14.7 Å². The minimum Gasteiger partial charge on any atom is -0.497 e. The van der Waals surface area contributed by atoms with Gasteiger partial charge in [0.1, 0.15) is 16.8 Å². The summed E-state index contributed by atoms with van der Waals surface area (Å²) in [6.45, 7) is 1.51. The van der Waals surface area contributed by atoms with Crippen LogP contribution in [0.15, 0.2) is 108 Å². The van der Waals surface area contributed by atoms with Gasteiger partial charge in [0.25, 0.3) is 0 Å². The van der Waals surface area contributed by atoms with Crippen LogP contribution in [0.4, 0.5) is 5.69 Å². The van der Waals surface area contributed by atoms with E-state index in [1.807, 2.05) is 61.5 Å². The Morgan fingerprint density at radius 3 is 2.20 bits per heavy atom. The number of halogens is 1. The van der Waals surface area contributed by atoms with Crippen LogP contribution in [0.25, 0.3) is 22.4 Å². The topological polar surface area (TPSA) is 127 Å². The van der Waals surface area contributed by atoms with Gasteiger partial charge in [-0.2, -0.15) is 5.26 Å². The predicted molar refractivity (Wildman–Crippen MR) is 190 cm³/mol. The van der Waals surface area contributed by atoms with E-state index in [9.17, 15) is 24.4 Å². The molecular formula is C39H28ClN3O6S. The first-order valence-corrected chi connectivity index (χ1v) is 16.7. The molecule has 1 fully saturated rings. The fourth-order valence-corrected chi connectivity index (χ4v) is 6.62. The minimum atomic E-state index is -0.845. The van der Waals surface area contributed by atoms with Gasteiger partial charge in [0.15, 0.2) is 12.4 Å². The molecule has 1 unspecified atom stereocenters. The van der Waals surface area contributed by atoms with Gasteiger partial charge >= 0.3 is 5.97 Å². The van der Waals surface area contributed by atoms with Crippen molar-refractivity contribution in [3.05, 3.63) is 130 Å². The molecule has 4 aromatic carbocycles. The zero-order valence-corrected chi connectivity index (χ0v) is 28.5. The third-order valence-electron chi connectivity index (χ3n) is 8.07. The first kappa shape index (κ1) is 34.1. The van der Waals surface area contributed by atoms with Crippen molar-refractivity contribution in [1.82, 2.24) is 4.98 Å². The quantitative estimate of drug-likeness (QED) is 0.0817. The maximum absolute atomic E-state index is 13.7. The molecule has 11 heteroatoms. The van der Waals surface area contributed by atoms with E-state index < -0.39 is 35.4 Å². The van der Waals surface area contributed by atoms with Gasteiger partial charge in [0, 0.05) is 28.1 Å². The number of hydrogen-bond acceptors (Lipinski definition) is 9. The van der Waals surface area contributed by atoms with Gasteiger partial charge in [-0.1, -0.05) is 53.2 Å². The van der Waals surface area contributed by atoms with Gasteiger partial charge in [0.2, 0.25) is 11.8 Å². The van der Waals surface area contributed by atoms with Crippen LogP contribution in [-0.4, -0.2) is 47.5 Å². The molecule has 1 aliphatic rings. The maximum Gasteiger partial charge on any atom is 0.338 e. The Bertz CT molecular complexity index is 2150. The van der Waals surface area contributed by atoms with Crippen LogP contribution in [0.2, 0.25) is 5.02 Å². The van der Waals surface area contributed by atoms with Crippen LogP contribution in [0, 0.1) is 18.3 Å². The Balaban J connectivity index is 1.22. The van der Waals surface area contributed by atoms with E-state index in [-0.39, 0.29) is 17.7 Å². The van der Waals surface area contributed by atoms with Crippen molar-refractivity contribution in [3.63, 3.8) is 0 Å². The molecule has 0 N–H and O–H groups in total. The SMILES string of the molecule is COc1ccc(-c2cc(-c3ccc(C)cc3)c(C#N)c(SC3CC(=O)N(c4ccc(C(=O)OCC(=O)c5ccc(Cl)cc5)cc4)C3=O)n2)cc1. The van der Waals surface area contributed by atoms with E-state index >= 15 is 0 Å². The molecule has 50 heavy (non-hydrogen) atoms. The highest BCUT2D eigenvalue weighted by molar-refractivity contribution is 8.00. The van der Waals surface area contributed by atoms with E-state index in [0.717, 1.165) is 33.4 Å². The van der Waals surface area contributed by atoms with Gasteiger partial charge in [-0.05, 0) is 91.3 Å². The molecule has 6 rings (SSSR count). The number of carbonyl (C=O) groups excluding carboxylic acids is 4. The number of aromatic nitrogens is 1. The van der Waals surface area contributed by atoms with Crippen LogP contribution in [-0.2, 0) is 14.3 Å². The molecule has 0 bridgehead atoms. The van der Waals surface area contributed by atoms with Crippen molar-refractivity contribution in [1.29, 1.82) is 5.26 Å².